The molecule has 1 unspecified atom stereocenters. The van der Waals surface area contributed by atoms with Gasteiger partial charge in [0.1, 0.15) is 17.6 Å². The highest BCUT2D eigenvalue weighted by Gasteiger charge is 2.23. The molecule has 0 fully saturated rings. The Labute approximate surface area is 165 Å². The van der Waals surface area contributed by atoms with Crippen LogP contribution in [0.1, 0.15) is 34.1 Å². The maximum absolute atomic E-state index is 12.7. The maximum Gasteiger partial charge on any atom is 0.244 e. The maximum atomic E-state index is 12.7. The van der Waals surface area contributed by atoms with Crippen LogP contribution in [0.4, 0.5) is 0 Å². The van der Waals surface area contributed by atoms with Gasteiger partial charge in [-0.25, -0.2) is 4.98 Å². The first-order chi connectivity index (χ1) is 13.5. The summed E-state index contributed by atoms with van der Waals surface area (Å²) >= 11 is 0. The number of carbonyl (C=O) groups is 1. The van der Waals surface area contributed by atoms with E-state index in [-0.39, 0.29) is 5.91 Å². The van der Waals surface area contributed by atoms with Crippen LogP contribution in [-0.2, 0) is 11.8 Å². The molecule has 2 aromatic carbocycles. The second kappa shape index (κ2) is 8.57. The van der Waals surface area contributed by atoms with Crippen LogP contribution in [0.25, 0.3) is 6.08 Å². The molecule has 1 atom stereocenters. The zero-order valence-corrected chi connectivity index (χ0v) is 16.6. The lowest BCUT2D eigenvalue weighted by molar-refractivity contribution is -0.117. The number of carbonyl (C=O) groups excluding carboxylic acids is 1. The molecule has 0 saturated carbocycles. The third kappa shape index (κ3) is 4.31. The van der Waals surface area contributed by atoms with Crippen LogP contribution >= 0.6 is 0 Å². The molecule has 1 aromatic heterocycles. The molecule has 5 heteroatoms. The van der Waals surface area contributed by atoms with Crippen LogP contribution in [0.15, 0.2) is 60.9 Å². The number of para-hydroxylation sites is 1. The fourth-order valence-corrected chi connectivity index (χ4v) is 3.21. The largest absolute Gasteiger partial charge is 0.496 e. The molecule has 28 heavy (non-hydrogen) atoms. The van der Waals surface area contributed by atoms with E-state index < -0.39 is 6.04 Å². The van der Waals surface area contributed by atoms with Crippen molar-refractivity contribution in [2.24, 2.45) is 7.05 Å². The molecule has 1 heterocycles. The predicted molar refractivity (Wildman–Crippen MR) is 111 cm³/mol. The van der Waals surface area contributed by atoms with Crippen molar-refractivity contribution in [2.75, 3.05) is 7.11 Å². The summed E-state index contributed by atoms with van der Waals surface area (Å²) < 4.78 is 7.39. The van der Waals surface area contributed by atoms with E-state index >= 15 is 0 Å². The van der Waals surface area contributed by atoms with Crippen LogP contribution < -0.4 is 10.1 Å². The SMILES string of the molecule is COc1ccccc1C(NC(=O)/C=C/c1ccc(C)cc1C)c1nccn1C. The Bertz CT molecular complexity index is 1000. The van der Waals surface area contributed by atoms with Gasteiger partial charge < -0.3 is 14.6 Å². The van der Waals surface area contributed by atoms with E-state index in [4.69, 9.17) is 4.74 Å². The lowest BCUT2D eigenvalue weighted by atomic mass is 10.0. The Balaban J connectivity index is 1.88. The molecular formula is C23H25N3O2. The second-order valence-corrected chi connectivity index (χ2v) is 6.77. The zero-order valence-electron chi connectivity index (χ0n) is 16.6. The van der Waals surface area contributed by atoms with Gasteiger partial charge in [0.2, 0.25) is 5.91 Å². The number of imidazole rings is 1. The van der Waals surface area contributed by atoms with E-state index in [1.54, 1.807) is 19.4 Å². The summed E-state index contributed by atoms with van der Waals surface area (Å²) in [6.45, 7) is 4.09. The van der Waals surface area contributed by atoms with Crippen molar-refractivity contribution in [3.63, 3.8) is 0 Å². The van der Waals surface area contributed by atoms with Gasteiger partial charge in [-0.1, -0.05) is 42.0 Å². The number of nitrogens with one attached hydrogen (secondary N) is 1. The van der Waals surface area contributed by atoms with E-state index in [9.17, 15) is 4.79 Å². The van der Waals surface area contributed by atoms with Crippen LogP contribution in [-0.4, -0.2) is 22.6 Å². The molecule has 5 nitrogen and oxygen atoms in total. The quantitative estimate of drug-likeness (QED) is 0.664. The molecule has 0 spiro atoms. The average molecular weight is 375 g/mol. The lowest BCUT2D eigenvalue weighted by Gasteiger charge is -2.20. The van der Waals surface area contributed by atoms with Gasteiger partial charge in [-0.3, -0.25) is 4.79 Å². The first kappa shape index (κ1) is 19.4. The highest BCUT2D eigenvalue weighted by molar-refractivity contribution is 5.92. The van der Waals surface area contributed by atoms with E-state index in [0.29, 0.717) is 5.75 Å². The molecule has 0 aliphatic heterocycles. The highest BCUT2D eigenvalue weighted by atomic mass is 16.5. The highest BCUT2D eigenvalue weighted by Crippen LogP contribution is 2.29. The molecule has 0 saturated heterocycles. The number of nitrogens with zero attached hydrogens (tertiary/aromatic N) is 2. The molecule has 1 N–H and O–H groups in total. The van der Waals surface area contributed by atoms with Gasteiger partial charge >= 0.3 is 0 Å². The van der Waals surface area contributed by atoms with Crippen molar-refractivity contribution >= 4 is 12.0 Å². The number of methoxy groups -OCH3 is 1. The van der Waals surface area contributed by atoms with Gasteiger partial charge in [0, 0.05) is 31.1 Å². The zero-order chi connectivity index (χ0) is 20.1. The Morgan fingerprint density at radius 1 is 1.21 bits per heavy atom. The van der Waals surface area contributed by atoms with Gasteiger partial charge in [0.25, 0.3) is 0 Å². The number of hydrogen-bond donors (Lipinski definition) is 1. The fraction of sp³-hybridized carbons (Fsp3) is 0.217. The molecule has 144 valence electrons. The van der Waals surface area contributed by atoms with Crippen LogP contribution in [0.2, 0.25) is 0 Å². The number of benzene rings is 2. The van der Waals surface area contributed by atoms with E-state index in [1.807, 2.05) is 67.2 Å². The van der Waals surface area contributed by atoms with Gasteiger partial charge in [0.15, 0.2) is 0 Å². The lowest BCUT2D eigenvalue weighted by Crippen LogP contribution is -2.30. The van der Waals surface area contributed by atoms with E-state index in [0.717, 1.165) is 22.5 Å². The van der Waals surface area contributed by atoms with Crippen molar-refractivity contribution in [1.29, 1.82) is 0 Å². The normalized spacial score (nSPS) is 12.1. The molecule has 3 rings (SSSR count). The Morgan fingerprint density at radius 2 is 2.00 bits per heavy atom. The molecule has 0 aliphatic rings. The minimum absolute atomic E-state index is 0.195. The number of hydrogen-bond acceptors (Lipinski definition) is 3. The van der Waals surface area contributed by atoms with Crippen LogP contribution in [0.3, 0.4) is 0 Å². The first-order valence-electron chi connectivity index (χ1n) is 9.15. The van der Waals surface area contributed by atoms with E-state index in [2.05, 4.69) is 23.3 Å². The fourth-order valence-electron chi connectivity index (χ4n) is 3.21. The number of aryl methyl sites for hydroxylation is 3. The summed E-state index contributed by atoms with van der Waals surface area (Å²) in [5.74, 6) is 1.24. The van der Waals surface area contributed by atoms with Gasteiger partial charge in [0.05, 0.1) is 7.11 Å². The summed E-state index contributed by atoms with van der Waals surface area (Å²) in [5.41, 5.74) is 4.21. The molecule has 0 radical (unpaired) electrons. The van der Waals surface area contributed by atoms with Crippen LogP contribution in [0.5, 0.6) is 5.75 Å². The number of amides is 1. The minimum Gasteiger partial charge on any atom is -0.496 e. The van der Waals surface area contributed by atoms with Crippen molar-refractivity contribution in [3.8, 4) is 5.75 Å². The Kier molecular flexibility index (Phi) is 5.94. The summed E-state index contributed by atoms with van der Waals surface area (Å²) in [4.78, 5) is 17.1. The minimum atomic E-state index is -0.424. The topological polar surface area (TPSA) is 56.1 Å². The molecule has 0 bridgehead atoms. The van der Waals surface area contributed by atoms with Gasteiger partial charge in [-0.15, -0.1) is 0 Å². The third-order valence-electron chi connectivity index (χ3n) is 4.69. The summed E-state index contributed by atoms with van der Waals surface area (Å²) in [6, 6.07) is 13.4. The Hall–Kier alpha value is -3.34. The Morgan fingerprint density at radius 3 is 2.68 bits per heavy atom. The molecule has 3 aromatic rings. The average Bonchev–Trinajstić information content (AvgIpc) is 3.11. The van der Waals surface area contributed by atoms with Crippen molar-refractivity contribution in [2.45, 2.75) is 19.9 Å². The summed E-state index contributed by atoms with van der Waals surface area (Å²) in [7, 11) is 3.53. The van der Waals surface area contributed by atoms with Crippen molar-refractivity contribution in [1.82, 2.24) is 14.9 Å². The molecular weight excluding hydrogens is 350 g/mol. The molecule has 0 aliphatic carbocycles. The summed E-state index contributed by atoms with van der Waals surface area (Å²) in [6.07, 6.45) is 6.97. The first-order valence-corrected chi connectivity index (χ1v) is 9.15. The summed E-state index contributed by atoms with van der Waals surface area (Å²) in [5, 5.41) is 3.06. The number of ether oxygens (including phenoxy) is 1. The second-order valence-electron chi connectivity index (χ2n) is 6.77. The monoisotopic (exact) mass is 375 g/mol. The standard InChI is InChI=1S/C23H25N3O2/c1-16-9-10-18(17(2)15-16)11-12-21(27)25-22(23-24-13-14-26(23)3)19-7-5-6-8-20(19)28-4/h5-15,22H,1-4H3,(H,25,27)/b12-11+. The predicted octanol–water partition coefficient (Wildman–Crippen LogP) is 3.96. The third-order valence-corrected chi connectivity index (χ3v) is 4.69. The number of aromatic nitrogens is 2. The van der Waals surface area contributed by atoms with Crippen molar-refractivity contribution < 1.29 is 9.53 Å². The number of rotatable bonds is 6. The van der Waals surface area contributed by atoms with Crippen LogP contribution in [0, 0.1) is 13.8 Å². The van der Waals surface area contributed by atoms with Gasteiger partial charge in [-0.2, -0.15) is 0 Å². The van der Waals surface area contributed by atoms with E-state index in [1.165, 1.54) is 5.56 Å². The van der Waals surface area contributed by atoms with Crippen molar-refractivity contribution in [3.05, 3.63) is 89.0 Å². The van der Waals surface area contributed by atoms with Gasteiger partial charge in [-0.05, 0) is 37.1 Å². The molecule has 1 amide bonds. The smallest absolute Gasteiger partial charge is 0.244 e.